The van der Waals surface area contributed by atoms with Gasteiger partial charge >= 0.3 is 6.18 Å². The van der Waals surface area contributed by atoms with E-state index >= 15 is 0 Å². The molecule has 1 fully saturated rings. The average molecular weight is 343 g/mol. The van der Waals surface area contributed by atoms with Gasteiger partial charge in [0.2, 0.25) is 0 Å². The Labute approximate surface area is 130 Å². The molecule has 1 heterocycles. The van der Waals surface area contributed by atoms with E-state index in [-0.39, 0.29) is 17.7 Å². The fourth-order valence-electron chi connectivity index (χ4n) is 2.08. The molecule has 1 N–H and O–H groups in total. The Morgan fingerprint density at radius 2 is 1.90 bits per heavy atom. The lowest BCUT2D eigenvalue weighted by Crippen LogP contribution is -2.29. The molecular weight excluding hydrogens is 329 g/mol. The first kappa shape index (κ1) is 18.1. The van der Waals surface area contributed by atoms with Crippen molar-refractivity contribution in [2.75, 3.05) is 13.1 Å². The summed E-state index contributed by atoms with van der Waals surface area (Å²) in [6.07, 6.45) is -2.96. The Kier molecular flexibility index (Phi) is 6.30. The average Bonchev–Trinajstić information content (AvgIpc) is 2.38. The van der Waals surface area contributed by atoms with Gasteiger partial charge in [0.25, 0.3) is 5.69 Å². The van der Waals surface area contributed by atoms with Crippen molar-refractivity contribution in [1.82, 2.24) is 5.32 Å². The quantitative estimate of drug-likeness (QED) is 0.669. The molecule has 9 heteroatoms. The molecule has 118 valence electrons. The third-order valence-corrected chi connectivity index (χ3v) is 4.39. The van der Waals surface area contributed by atoms with Crippen LogP contribution < -0.4 is 5.32 Å². The largest absolute Gasteiger partial charge is 0.423 e. The van der Waals surface area contributed by atoms with E-state index in [4.69, 9.17) is 0 Å². The molecule has 0 aromatic heterocycles. The third-order valence-electron chi connectivity index (χ3n) is 3.06. The van der Waals surface area contributed by atoms with Crippen molar-refractivity contribution in [2.24, 2.45) is 0 Å². The maximum atomic E-state index is 12.8. The molecule has 0 atom stereocenters. The zero-order valence-electron chi connectivity index (χ0n) is 10.9. The number of halogens is 4. The van der Waals surface area contributed by atoms with Crippen molar-refractivity contribution in [3.63, 3.8) is 0 Å². The van der Waals surface area contributed by atoms with Gasteiger partial charge in [-0.15, -0.1) is 24.2 Å². The van der Waals surface area contributed by atoms with Crippen molar-refractivity contribution >= 4 is 29.9 Å². The van der Waals surface area contributed by atoms with Crippen molar-refractivity contribution in [1.29, 1.82) is 0 Å². The molecule has 0 amide bonds. The van der Waals surface area contributed by atoms with E-state index in [0.29, 0.717) is 4.90 Å². The van der Waals surface area contributed by atoms with E-state index in [0.717, 1.165) is 38.1 Å². The minimum Gasteiger partial charge on any atom is -0.317 e. The molecular formula is C12H14ClF3N2O2S. The van der Waals surface area contributed by atoms with Gasteiger partial charge in [0.15, 0.2) is 0 Å². The number of alkyl halides is 3. The smallest absolute Gasteiger partial charge is 0.317 e. The Hall–Kier alpha value is -0.990. The molecule has 21 heavy (non-hydrogen) atoms. The second-order valence-corrected chi connectivity index (χ2v) is 5.87. The molecule has 2 rings (SSSR count). The van der Waals surface area contributed by atoms with Gasteiger partial charge in [0, 0.05) is 16.2 Å². The third kappa shape index (κ3) is 4.76. The summed E-state index contributed by atoms with van der Waals surface area (Å²) < 4.78 is 38.5. The van der Waals surface area contributed by atoms with Crippen molar-refractivity contribution in [3.05, 3.63) is 33.9 Å². The Morgan fingerprint density at radius 1 is 1.29 bits per heavy atom. The molecule has 0 aliphatic carbocycles. The number of thioether (sulfide) groups is 1. The van der Waals surface area contributed by atoms with Crippen LogP contribution in [0.1, 0.15) is 18.4 Å². The van der Waals surface area contributed by atoms with E-state index in [1.165, 1.54) is 17.8 Å². The first-order valence-electron chi connectivity index (χ1n) is 6.11. The van der Waals surface area contributed by atoms with Gasteiger partial charge in [-0.05, 0) is 38.1 Å². The van der Waals surface area contributed by atoms with Crippen LogP contribution in [0.25, 0.3) is 0 Å². The molecule has 1 saturated heterocycles. The topological polar surface area (TPSA) is 55.2 Å². The number of nitro groups is 1. The first-order chi connectivity index (χ1) is 9.38. The molecule has 4 nitrogen and oxygen atoms in total. The number of benzene rings is 1. The lowest BCUT2D eigenvalue weighted by atomic mass is 10.1. The second kappa shape index (κ2) is 7.33. The standard InChI is InChI=1S/C12H13F3N2O2S.ClH/c13-12(14,15)10-7-9(1-2-11(10)17(18)19)20-8-3-5-16-6-4-8;/h1-2,7-8,16H,3-6H2;1H. The molecule has 1 aliphatic heterocycles. The van der Waals surface area contributed by atoms with Crippen LogP contribution >= 0.6 is 24.2 Å². The van der Waals surface area contributed by atoms with Gasteiger partial charge in [-0.25, -0.2) is 0 Å². The number of rotatable bonds is 3. The van der Waals surface area contributed by atoms with Crippen LogP contribution in [-0.2, 0) is 6.18 Å². The van der Waals surface area contributed by atoms with E-state index in [1.54, 1.807) is 0 Å². The predicted molar refractivity (Wildman–Crippen MR) is 77.1 cm³/mol. The number of hydrogen-bond acceptors (Lipinski definition) is 4. The van der Waals surface area contributed by atoms with Crippen LogP contribution in [0.15, 0.2) is 23.1 Å². The van der Waals surface area contributed by atoms with Gasteiger partial charge in [-0.3, -0.25) is 10.1 Å². The number of hydrogen-bond donors (Lipinski definition) is 1. The molecule has 0 spiro atoms. The first-order valence-corrected chi connectivity index (χ1v) is 6.99. The maximum Gasteiger partial charge on any atom is 0.423 e. The molecule has 0 bridgehead atoms. The highest BCUT2D eigenvalue weighted by molar-refractivity contribution is 8.00. The fraction of sp³-hybridized carbons (Fsp3) is 0.500. The van der Waals surface area contributed by atoms with Crippen LogP contribution in [0.5, 0.6) is 0 Å². The van der Waals surface area contributed by atoms with Gasteiger partial charge in [0.1, 0.15) is 5.56 Å². The van der Waals surface area contributed by atoms with E-state index in [2.05, 4.69) is 5.32 Å². The summed E-state index contributed by atoms with van der Waals surface area (Å²) in [5, 5.41) is 14.1. The second-order valence-electron chi connectivity index (χ2n) is 4.50. The van der Waals surface area contributed by atoms with Gasteiger partial charge in [-0.2, -0.15) is 13.2 Å². The Bertz CT molecular complexity index is 508. The van der Waals surface area contributed by atoms with Crippen LogP contribution in [0.2, 0.25) is 0 Å². The van der Waals surface area contributed by atoms with Crippen LogP contribution in [0.3, 0.4) is 0 Å². The summed E-state index contributed by atoms with van der Waals surface area (Å²) in [7, 11) is 0. The Balaban J connectivity index is 0.00000220. The maximum absolute atomic E-state index is 12.8. The number of nitro benzene ring substituents is 1. The molecule has 1 aromatic rings. The van der Waals surface area contributed by atoms with E-state index in [9.17, 15) is 23.3 Å². The summed E-state index contributed by atoms with van der Waals surface area (Å²) in [6.45, 7) is 1.69. The van der Waals surface area contributed by atoms with Crippen LogP contribution in [0, 0.1) is 10.1 Å². The molecule has 1 aromatic carbocycles. The highest BCUT2D eigenvalue weighted by Gasteiger charge is 2.38. The summed E-state index contributed by atoms with van der Waals surface area (Å²) in [4.78, 5) is 10.1. The highest BCUT2D eigenvalue weighted by atomic mass is 35.5. The summed E-state index contributed by atoms with van der Waals surface area (Å²) >= 11 is 1.35. The minimum atomic E-state index is -4.72. The summed E-state index contributed by atoms with van der Waals surface area (Å²) in [5.41, 5.74) is -2.08. The fourth-order valence-corrected chi connectivity index (χ4v) is 3.27. The lowest BCUT2D eigenvalue weighted by molar-refractivity contribution is -0.388. The van der Waals surface area contributed by atoms with E-state index in [1.807, 2.05) is 0 Å². The normalized spacial score (nSPS) is 16.3. The summed E-state index contributed by atoms with van der Waals surface area (Å²) in [5.74, 6) is 0. The zero-order chi connectivity index (χ0) is 14.8. The molecule has 1 aliphatic rings. The molecule has 0 unspecified atom stereocenters. The number of nitrogens with one attached hydrogen (secondary N) is 1. The van der Waals surface area contributed by atoms with Crippen molar-refractivity contribution < 1.29 is 18.1 Å². The summed E-state index contributed by atoms with van der Waals surface area (Å²) in [6, 6.07) is 3.21. The lowest BCUT2D eigenvalue weighted by Gasteiger charge is -2.22. The SMILES string of the molecule is Cl.O=[N+]([O-])c1ccc(SC2CCNCC2)cc1C(F)(F)F. The van der Waals surface area contributed by atoms with Gasteiger partial charge in [0.05, 0.1) is 4.92 Å². The van der Waals surface area contributed by atoms with Gasteiger partial charge < -0.3 is 5.32 Å². The van der Waals surface area contributed by atoms with Crippen molar-refractivity contribution in [2.45, 2.75) is 29.2 Å². The van der Waals surface area contributed by atoms with Crippen LogP contribution in [0.4, 0.5) is 18.9 Å². The zero-order valence-corrected chi connectivity index (χ0v) is 12.5. The molecule has 0 saturated carbocycles. The molecule has 0 radical (unpaired) electrons. The van der Waals surface area contributed by atoms with Crippen LogP contribution in [-0.4, -0.2) is 23.3 Å². The van der Waals surface area contributed by atoms with E-state index < -0.39 is 22.4 Å². The predicted octanol–water partition coefficient (Wildman–Crippen LogP) is 3.88. The Morgan fingerprint density at radius 3 is 2.43 bits per heavy atom. The number of nitrogens with zero attached hydrogens (tertiary/aromatic N) is 1. The highest BCUT2D eigenvalue weighted by Crippen LogP contribution is 2.39. The van der Waals surface area contributed by atoms with Gasteiger partial charge in [-0.1, -0.05) is 0 Å². The minimum absolute atomic E-state index is 0. The monoisotopic (exact) mass is 342 g/mol. The van der Waals surface area contributed by atoms with Crippen molar-refractivity contribution in [3.8, 4) is 0 Å². The number of piperidine rings is 1.